The first-order valence-electron chi connectivity index (χ1n) is 6.95. The Hall–Kier alpha value is -1.25. The first-order valence-corrected chi connectivity index (χ1v) is 6.95. The van der Waals surface area contributed by atoms with E-state index in [1.165, 1.54) is 25.7 Å². The molecule has 0 bridgehead atoms. The van der Waals surface area contributed by atoms with E-state index >= 15 is 0 Å². The van der Waals surface area contributed by atoms with Crippen molar-refractivity contribution in [2.75, 3.05) is 24.2 Å². The Morgan fingerprint density at radius 2 is 2.06 bits per heavy atom. The summed E-state index contributed by atoms with van der Waals surface area (Å²) in [7, 11) is 1.89. The van der Waals surface area contributed by atoms with Crippen molar-refractivity contribution in [1.82, 2.24) is 4.98 Å². The molecule has 0 radical (unpaired) electrons. The monoisotopic (exact) mass is 249 g/mol. The zero-order chi connectivity index (χ0) is 13.4. The number of anilines is 2. The fourth-order valence-corrected chi connectivity index (χ4v) is 1.96. The number of nitrogens with one attached hydrogen (secondary N) is 2. The van der Waals surface area contributed by atoms with Crippen molar-refractivity contribution in [3.8, 4) is 0 Å². The molecule has 0 aliphatic rings. The van der Waals surface area contributed by atoms with Gasteiger partial charge in [0, 0.05) is 31.5 Å². The van der Waals surface area contributed by atoms with Crippen LogP contribution in [0.1, 0.15) is 46.5 Å². The summed E-state index contributed by atoms with van der Waals surface area (Å²) in [6.07, 6.45) is 7.06. The zero-order valence-electron chi connectivity index (χ0n) is 12.2. The fraction of sp³-hybridized carbons (Fsp3) is 0.667. The van der Waals surface area contributed by atoms with Gasteiger partial charge in [0.25, 0.3) is 0 Å². The zero-order valence-corrected chi connectivity index (χ0v) is 12.2. The Kier molecular flexibility index (Phi) is 5.96. The second kappa shape index (κ2) is 7.24. The summed E-state index contributed by atoms with van der Waals surface area (Å²) >= 11 is 0. The van der Waals surface area contributed by atoms with E-state index in [9.17, 15) is 0 Å². The van der Waals surface area contributed by atoms with Crippen molar-refractivity contribution in [3.05, 3.63) is 18.3 Å². The van der Waals surface area contributed by atoms with Crippen LogP contribution in [0, 0.1) is 5.41 Å². The Bertz CT molecular complexity index is 347. The molecule has 0 fully saturated rings. The third-order valence-electron chi connectivity index (χ3n) is 3.24. The molecule has 1 rings (SSSR count). The molecule has 1 aromatic rings. The molecule has 0 aromatic carbocycles. The highest BCUT2D eigenvalue weighted by molar-refractivity contribution is 5.51. The van der Waals surface area contributed by atoms with E-state index < -0.39 is 0 Å². The van der Waals surface area contributed by atoms with Crippen molar-refractivity contribution < 1.29 is 0 Å². The van der Waals surface area contributed by atoms with E-state index in [0.29, 0.717) is 5.41 Å². The molecule has 18 heavy (non-hydrogen) atoms. The Labute approximate surface area is 111 Å². The largest absolute Gasteiger partial charge is 0.384 e. The number of hydrogen-bond acceptors (Lipinski definition) is 3. The van der Waals surface area contributed by atoms with E-state index in [-0.39, 0.29) is 0 Å². The van der Waals surface area contributed by atoms with Crippen molar-refractivity contribution in [1.29, 1.82) is 0 Å². The first-order chi connectivity index (χ1) is 8.57. The molecule has 3 heteroatoms. The van der Waals surface area contributed by atoms with Crippen molar-refractivity contribution >= 4 is 11.5 Å². The van der Waals surface area contributed by atoms with Crippen LogP contribution < -0.4 is 10.6 Å². The van der Waals surface area contributed by atoms with Gasteiger partial charge in [-0.1, -0.05) is 40.0 Å². The molecule has 0 unspecified atom stereocenters. The first kappa shape index (κ1) is 14.8. The Morgan fingerprint density at radius 3 is 2.72 bits per heavy atom. The smallest absolute Gasteiger partial charge is 0.127 e. The molecule has 1 heterocycles. The molecule has 3 nitrogen and oxygen atoms in total. The van der Waals surface area contributed by atoms with E-state index in [1.807, 2.05) is 25.4 Å². The highest BCUT2D eigenvalue weighted by Gasteiger charge is 2.16. The molecule has 2 N–H and O–H groups in total. The topological polar surface area (TPSA) is 37.0 Å². The molecular weight excluding hydrogens is 222 g/mol. The van der Waals surface area contributed by atoms with Crippen LogP contribution in [0.25, 0.3) is 0 Å². The van der Waals surface area contributed by atoms with Crippen LogP contribution >= 0.6 is 0 Å². The van der Waals surface area contributed by atoms with Gasteiger partial charge in [0.15, 0.2) is 0 Å². The number of pyridine rings is 1. The van der Waals surface area contributed by atoms with Crippen molar-refractivity contribution in [2.24, 2.45) is 5.41 Å². The van der Waals surface area contributed by atoms with E-state index in [1.54, 1.807) is 0 Å². The number of rotatable bonds is 8. The number of hydrogen-bond donors (Lipinski definition) is 2. The van der Waals surface area contributed by atoms with Crippen LogP contribution in [0.15, 0.2) is 18.3 Å². The Balaban J connectivity index is 2.42. The van der Waals surface area contributed by atoms with E-state index in [2.05, 4.69) is 36.4 Å². The Morgan fingerprint density at radius 1 is 1.28 bits per heavy atom. The molecule has 0 spiro atoms. The molecule has 0 saturated carbocycles. The second-order valence-electron chi connectivity index (χ2n) is 5.65. The summed E-state index contributed by atoms with van der Waals surface area (Å²) in [5, 5.41) is 6.56. The van der Waals surface area contributed by atoms with Gasteiger partial charge in [-0.05, 0) is 17.9 Å². The maximum absolute atomic E-state index is 4.21. The normalized spacial score (nSPS) is 11.3. The second-order valence-corrected chi connectivity index (χ2v) is 5.65. The molecule has 0 aliphatic heterocycles. The summed E-state index contributed by atoms with van der Waals surface area (Å²) in [5.41, 5.74) is 1.48. The SMILES string of the molecule is CCCCCC(C)(C)CNc1ccnc(NC)c1. The predicted molar refractivity (Wildman–Crippen MR) is 80.2 cm³/mol. The molecule has 0 saturated heterocycles. The highest BCUT2D eigenvalue weighted by Crippen LogP contribution is 2.24. The van der Waals surface area contributed by atoms with Gasteiger partial charge < -0.3 is 10.6 Å². The third kappa shape index (κ3) is 5.39. The standard InChI is InChI=1S/C15H27N3/c1-5-6-7-9-15(2,3)12-18-13-8-10-17-14(11-13)16-4/h8,10-11H,5-7,9,12H2,1-4H3,(H2,16,17,18). The molecular formula is C15H27N3. The van der Waals surface area contributed by atoms with Gasteiger partial charge in [-0.3, -0.25) is 0 Å². The summed E-state index contributed by atoms with van der Waals surface area (Å²) in [5.74, 6) is 0.906. The van der Waals surface area contributed by atoms with Crippen LogP contribution in [0.3, 0.4) is 0 Å². The van der Waals surface area contributed by atoms with Gasteiger partial charge in [0.05, 0.1) is 0 Å². The van der Waals surface area contributed by atoms with E-state index in [4.69, 9.17) is 0 Å². The molecule has 0 amide bonds. The van der Waals surface area contributed by atoms with Crippen LogP contribution in [0.5, 0.6) is 0 Å². The summed E-state index contributed by atoms with van der Waals surface area (Å²) in [6.45, 7) is 7.91. The molecule has 102 valence electrons. The number of aromatic nitrogens is 1. The summed E-state index contributed by atoms with van der Waals surface area (Å²) in [6, 6.07) is 4.06. The lowest BCUT2D eigenvalue weighted by Crippen LogP contribution is -2.23. The number of nitrogens with zero attached hydrogens (tertiary/aromatic N) is 1. The van der Waals surface area contributed by atoms with Gasteiger partial charge in [0.1, 0.15) is 5.82 Å². The maximum atomic E-state index is 4.21. The maximum Gasteiger partial charge on any atom is 0.127 e. The van der Waals surface area contributed by atoms with Crippen LogP contribution in [0.2, 0.25) is 0 Å². The van der Waals surface area contributed by atoms with Gasteiger partial charge in [-0.15, -0.1) is 0 Å². The van der Waals surface area contributed by atoms with Crippen LogP contribution in [0.4, 0.5) is 11.5 Å². The third-order valence-corrected chi connectivity index (χ3v) is 3.24. The average Bonchev–Trinajstić information content (AvgIpc) is 2.37. The quantitative estimate of drug-likeness (QED) is 0.680. The lowest BCUT2D eigenvalue weighted by atomic mass is 9.87. The van der Waals surface area contributed by atoms with Gasteiger partial charge in [0.2, 0.25) is 0 Å². The minimum absolute atomic E-state index is 0.345. The summed E-state index contributed by atoms with van der Waals surface area (Å²) < 4.78 is 0. The van der Waals surface area contributed by atoms with Crippen molar-refractivity contribution in [3.63, 3.8) is 0 Å². The van der Waals surface area contributed by atoms with E-state index in [0.717, 1.165) is 18.1 Å². The van der Waals surface area contributed by atoms with Crippen LogP contribution in [-0.4, -0.2) is 18.6 Å². The fourth-order valence-electron chi connectivity index (χ4n) is 1.96. The molecule has 0 atom stereocenters. The lowest BCUT2D eigenvalue weighted by molar-refractivity contribution is 0.342. The van der Waals surface area contributed by atoms with Gasteiger partial charge >= 0.3 is 0 Å². The molecule has 1 aromatic heterocycles. The number of unbranched alkanes of at least 4 members (excludes halogenated alkanes) is 2. The average molecular weight is 249 g/mol. The minimum atomic E-state index is 0.345. The lowest BCUT2D eigenvalue weighted by Gasteiger charge is -2.25. The van der Waals surface area contributed by atoms with Crippen LogP contribution in [-0.2, 0) is 0 Å². The minimum Gasteiger partial charge on any atom is -0.384 e. The van der Waals surface area contributed by atoms with Crippen molar-refractivity contribution in [2.45, 2.75) is 46.5 Å². The summed E-state index contributed by atoms with van der Waals surface area (Å²) in [4.78, 5) is 4.21. The van der Waals surface area contributed by atoms with Gasteiger partial charge in [-0.25, -0.2) is 4.98 Å². The highest BCUT2D eigenvalue weighted by atomic mass is 15.0. The molecule has 0 aliphatic carbocycles. The van der Waals surface area contributed by atoms with Gasteiger partial charge in [-0.2, -0.15) is 0 Å². The predicted octanol–water partition coefficient (Wildman–Crippen LogP) is 4.14.